The van der Waals surface area contributed by atoms with Crippen LogP contribution in [0.5, 0.6) is 0 Å². The number of nitrogen functional groups attached to an aromatic ring is 1. The molecule has 2 aromatic rings. The van der Waals surface area contributed by atoms with Gasteiger partial charge < -0.3 is 11.1 Å². The summed E-state index contributed by atoms with van der Waals surface area (Å²) in [6.45, 7) is 0. The third kappa shape index (κ3) is 3.51. The van der Waals surface area contributed by atoms with Crippen molar-refractivity contribution < 1.29 is 9.72 Å². The van der Waals surface area contributed by atoms with E-state index in [4.69, 9.17) is 5.73 Å². The van der Waals surface area contributed by atoms with Gasteiger partial charge in [-0.15, -0.1) is 11.8 Å². The third-order valence-corrected chi connectivity index (χ3v) is 3.54. The molecule has 6 nitrogen and oxygen atoms in total. The van der Waals surface area contributed by atoms with Crippen LogP contribution in [0.4, 0.5) is 17.1 Å². The molecule has 0 bridgehead atoms. The van der Waals surface area contributed by atoms with E-state index in [0.29, 0.717) is 5.69 Å². The third-order valence-electron chi connectivity index (χ3n) is 2.82. The van der Waals surface area contributed by atoms with E-state index in [-0.39, 0.29) is 16.9 Å². The molecule has 0 aliphatic rings. The maximum Gasteiger partial charge on any atom is 0.292 e. The first kappa shape index (κ1) is 14.9. The van der Waals surface area contributed by atoms with Gasteiger partial charge in [0, 0.05) is 22.2 Å². The molecule has 1 amide bonds. The van der Waals surface area contributed by atoms with Crippen molar-refractivity contribution in [2.75, 3.05) is 17.3 Å². The largest absolute Gasteiger partial charge is 0.393 e. The minimum atomic E-state index is -0.611. The normalized spacial score (nSPS) is 10.1. The van der Waals surface area contributed by atoms with Crippen molar-refractivity contribution in [3.05, 3.63) is 58.1 Å². The first-order chi connectivity index (χ1) is 10.0. The smallest absolute Gasteiger partial charge is 0.292 e. The summed E-state index contributed by atoms with van der Waals surface area (Å²) in [5.41, 5.74) is 6.07. The number of carbonyl (C=O) groups is 1. The fraction of sp³-hybridized carbons (Fsp3) is 0.0714. The summed E-state index contributed by atoms with van der Waals surface area (Å²) in [5.74, 6) is -0.420. The molecule has 2 aromatic carbocycles. The van der Waals surface area contributed by atoms with Gasteiger partial charge in [-0.3, -0.25) is 14.9 Å². The molecular formula is C14H13N3O3S. The first-order valence-corrected chi connectivity index (χ1v) is 7.23. The zero-order valence-electron chi connectivity index (χ0n) is 11.2. The average Bonchev–Trinajstić information content (AvgIpc) is 2.47. The highest BCUT2D eigenvalue weighted by Gasteiger charge is 2.15. The first-order valence-electron chi connectivity index (χ1n) is 6.00. The van der Waals surface area contributed by atoms with Crippen molar-refractivity contribution in [3.63, 3.8) is 0 Å². The van der Waals surface area contributed by atoms with Crippen molar-refractivity contribution in [1.82, 2.24) is 0 Å². The van der Waals surface area contributed by atoms with Gasteiger partial charge in [0.15, 0.2) is 0 Å². The Bertz CT molecular complexity index is 704. The Hall–Kier alpha value is -2.54. The lowest BCUT2D eigenvalue weighted by Crippen LogP contribution is -2.12. The second-order valence-electron chi connectivity index (χ2n) is 4.22. The zero-order valence-corrected chi connectivity index (χ0v) is 12.0. The molecule has 2 rings (SSSR count). The number of hydrogen-bond acceptors (Lipinski definition) is 5. The molecule has 0 atom stereocenters. The van der Waals surface area contributed by atoms with Gasteiger partial charge in [-0.05, 0) is 36.6 Å². The van der Waals surface area contributed by atoms with Crippen LogP contribution in [0, 0.1) is 10.1 Å². The Labute approximate surface area is 125 Å². The number of thioether (sulfide) groups is 1. The molecule has 0 aliphatic carbocycles. The molecule has 0 saturated carbocycles. The standard InChI is InChI=1S/C14H13N3O3S/c1-21-11-4-2-3-10(8-11)16-14(18)9-5-6-12(15)13(7-9)17(19)20/h2-8H,15H2,1H3,(H,16,18). The number of benzene rings is 2. The van der Waals surface area contributed by atoms with Crippen molar-refractivity contribution in [2.24, 2.45) is 0 Å². The second-order valence-corrected chi connectivity index (χ2v) is 5.10. The molecule has 0 radical (unpaired) electrons. The highest BCUT2D eigenvalue weighted by Crippen LogP contribution is 2.24. The SMILES string of the molecule is CSc1cccc(NC(=O)c2ccc(N)c([N+](=O)[O-])c2)c1. The number of nitrogens with two attached hydrogens (primary N) is 1. The van der Waals surface area contributed by atoms with Crippen LogP contribution in [0.3, 0.4) is 0 Å². The molecule has 108 valence electrons. The van der Waals surface area contributed by atoms with E-state index < -0.39 is 10.8 Å². The van der Waals surface area contributed by atoms with E-state index in [1.54, 1.807) is 17.8 Å². The predicted octanol–water partition coefficient (Wildman–Crippen LogP) is 3.15. The summed E-state index contributed by atoms with van der Waals surface area (Å²) in [5, 5.41) is 13.5. The molecule has 3 N–H and O–H groups in total. The van der Waals surface area contributed by atoms with Gasteiger partial charge in [0.2, 0.25) is 0 Å². The van der Waals surface area contributed by atoms with Crippen LogP contribution in [-0.2, 0) is 0 Å². The van der Waals surface area contributed by atoms with E-state index in [2.05, 4.69) is 5.32 Å². The predicted molar refractivity (Wildman–Crippen MR) is 83.7 cm³/mol. The number of nitro groups is 1. The lowest BCUT2D eigenvalue weighted by atomic mass is 10.1. The molecule has 0 spiro atoms. The molecule has 0 fully saturated rings. The molecule has 7 heteroatoms. The fourth-order valence-electron chi connectivity index (χ4n) is 1.75. The number of nitrogens with zero attached hydrogens (tertiary/aromatic N) is 1. The topological polar surface area (TPSA) is 98.3 Å². The highest BCUT2D eigenvalue weighted by atomic mass is 32.2. The number of nitro benzene ring substituents is 1. The van der Waals surface area contributed by atoms with Gasteiger partial charge in [-0.1, -0.05) is 6.07 Å². The van der Waals surface area contributed by atoms with Crippen LogP contribution in [0.2, 0.25) is 0 Å². The summed E-state index contributed by atoms with van der Waals surface area (Å²) in [7, 11) is 0. The Morgan fingerprint density at radius 2 is 2.05 bits per heavy atom. The van der Waals surface area contributed by atoms with Crippen LogP contribution < -0.4 is 11.1 Å². The molecule has 0 saturated heterocycles. The van der Waals surface area contributed by atoms with Gasteiger partial charge in [-0.2, -0.15) is 0 Å². The summed E-state index contributed by atoms with van der Waals surface area (Å²) in [4.78, 5) is 23.3. The maximum atomic E-state index is 12.1. The van der Waals surface area contributed by atoms with Crippen LogP contribution in [0.25, 0.3) is 0 Å². The van der Waals surface area contributed by atoms with Crippen molar-refractivity contribution in [3.8, 4) is 0 Å². The molecule has 21 heavy (non-hydrogen) atoms. The summed E-state index contributed by atoms with van der Waals surface area (Å²) >= 11 is 1.56. The Kier molecular flexibility index (Phi) is 4.44. The minimum Gasteiger partial charge on any atom is -0.393 e. The van der Waals surface area contributed by atoms with E-state index in [0.717, 1.165) is 4.90 Å². The number of rotatable bonds is 4. The molecular weight excluding hydrogens is 290 g/mol. The number of carbonyl (C=O) groups excluding carboxylic acids is 1. The van der Waals surface area contributed by atoms with E-state index in [1.165, 1.54) is 18.2 Å². The van der Waals surface area contributed by atoms with E-state index in [9.17, 15) is 14.9 Å². The minimum absolute atomic E-state index is 0.0286. The van der Waals surface area contributed by atoms with E-state index >= 15 is 0 Å². The van der Waals surface area contributed by atoms with Gasteiger partial charge in [0.05, 0.1) is 4.92 Å². The number of nitrogens with one attached hydrogen (secondary N) is 1. The molecule has 0 aromatic heterocycles. The molecule has 0 aliphatic heterocycles. The summed E-state index contributed by atoms with van der Waals surface area (Å²) < 4.78 is 0. The Morgan fingerprint density at radius 3 is 2.71 bits per heavy atom. The summed E-state index contributed by atoms with van der Waals surface area (Å²) in [6, 6.07) is 11.3. The average molecular weight is 303 g/mol. The second kappa shape index (κ2) is 6.27. The van der Waals surface area contributed by atoms with Crippen LogP contribution >= 0.6 is 11.8 Å². The van der Waals surface area contributed by atoms with Crippen molar-refractivity contribution in [1.29, 1.82) is 0 Å². The monoisotopic (exact) mass is 303 g/mol. The number of hydrogen-bond donors (Lipinski definition) is 2. The lowest BCUT2D eigenvalue weighted by molar-refractivity contribution is -0.383. The maximum absolute atomic E-state index is 12.1. The lowest BCUT2D eigenvalue weighted by Gasteiger charge is -2.07. The van der Waals surface area contributed by atoms with Gasteiger partial charge in [0.25, 0.3) is 11.6 Å². The quantitative estimate of drug-likeness (QED) is 0.391. The number of anilines is 2. The van der Waals surface area contributed by atoms with Gasteiger partial charge in [0.1, 0.15) is 5.69 Å². The number of amides is 1. The van der Waals surface area contributed by atoms with Crippen LogP contribution in [-0.4, -0.2) is 17.1 Å². The van der Waals surface area contributed by atoms with Gasteiger partial charge in [-0.25, -0.2) is 0 Å². The fourth-order valence-corrected chi connectivity index (χ4v) is 2.21. The van der Waals surface area contributed by atoms with Crippen LogP contribution in [0.15, 0.2) is 47.4 Å². The molecule has 0 heterocycles. The van der Waals surface area contributed by atoms with E-state index in [1.807, 2.05) is 24.5 Å². The Morgan fingerprint density at radius 1 is 1.29 bits per heavy atom. The zero-order chi connectivity index (χ0) is 15.4. The molecule has 0 unspecified atom stereocenters. The van der Waals surface area contributed by atoms with Gasteiger partial charge >= 0.3 is 0 Å². The highest BCUT2D eigenvalue weighted by molar-refractivity contribution is 7.98. The van der Waals surface area contributed by atoms with Crippen molar-refractivity contribution in [2.45, 2.75) is 4.90 Å². The summed E-state index contributed by atoms with van der Waals surface area (Å²) in [6.07, 6.45) is 1.93. The van der Waals surface area contributed by atoms with Crippen molar-refractivity contribution >= 4 is 34.7 Å². The Balaban J connectivity index is 2.24. The van der Waals surface area contributed by atoms with Crippen LogP contribution in [0.1, 0.15) is 10.4 Å².